The van der Waals surface area contributed by atoms with Crippen molar-refractivity contribution in [2.45, 2.75) is 20.8 Å². The molecule has 2 rings (SSSR count). The summed E-state index contributed by atoms with van der Waals surface area (Å²) >= 11 is 0. The van der Waals surface area contributed by atoms with Crippen LogP contribution >= 0.6 is 0 Å². The van der Waals surface area contributed by atoms with E-state index in [2.05, 4.69) is 5.32 Å². The van der Waals surface area contributed by atoms with Gasteiger partial charge >= 0.3 is 0 Å². The van der Waals surface area contributed by atoms with Crippen molar-refractivity contribution < 1.29 is 23.8 Å². The van der Waals surface area contributed by atoms with E-state index in [0.29, 0.717) is 42.6 Å². The summed E-state index contributed by atoms with van der Waals surface area (Å²) in [5.41, 5.74) is 1.29. The highest BCUT2D eigenvalue weighted by Crippen LogP contribution is 2.25. The minimum Gasteiger partial charge on any atom is -0.494 e. The van der Waals surface area contributed by atoms with Crippen LogP contribution < -0.4 is 19.5 Å². The summed E-state index contributed by atoms with van der Waals surface area (Å²) in [4.78, 5) is 24.1. The van der Waals surface area contributed by atoms with Crippen molar-refractivity contribution in [1.82, 2.24) is 5.32 Å². The number of hydrogen-bond acceptors (Lipinski definition) is 5. The highest BCUT2D eigenvalue weighted by atomic mass is 16.5. The van der Waals surface area contributed by atoms with Crippen LogP contribution in [0.5, 0.6) is 17.2 Å². The summed E-state index contributed by atoms with van der Waals surface area (Å²) in [6.45, 7) is 7.14. The molecule has 0 radical (unpaired) electrons. The third-order valence-corrected chi connectivity index (χ3v) is 3.88. The number of nitrogens with one attached hydrogen (secondary N) is 1. The van der Waals surface area contributed by atoms with Crippen molar-refractivity contribution in [2.75, 3.05) is 26.4 Å². The van der Waals surface area contributed by atoms with Crippen LogP contribution in [0.2, 0.25) is 0 Å². The molecule has 1 N–H and O–H groups in total. The lowest BCUT2D eigenvalue weighted by Gasteiger charge is -2.10. The summed E-state index contributed by atoms with van der Waals surface area (Å²) in [5.74, 6) is 1.40. The fraction of sp³-hybridized carbons (Fsp3) is 0.304. The molecule has 0 aromatic heterocycles. The molecule has 2 aromatic carbocycles. The van der Waals surface area contributed by atoms with Gasteiger partial charge in [0.15, 0.2) is 12.4 Å². The Kier molecular flexibility index (Phi) is 8.76. The van der Waals surface area contributed by atoms with E-state index in [1.807, 2.05) is 32.9 Å². The third-order valence-electron chi connectivity index (χ3n) is 3.88. The number of ether oxygens (including phenoxy) is 3. The standard InChI is InChI=1S/C23H27NO5/c1-4-24-23(26)16-29-18-10-7-17(8-11-18)9-13-21(25)20-15-19(27-5-2)12-14-22(20)28-6-3/h7-15H,4-6,16H2,1-3H3,(H,24,26)/b13-9+. The first-order valence-electron chi connectivity index (χ1n) is 9.69. The maximum absolute atomic E-state index is 12.7. The molecule has 0 aliphatic heterocycles. The van der Waals surface area contributed by atoms with Gasteiger partial charge in [0.1, 0.15) is 17.2 Å². The Morgan fingerprint density at radius 3 is 2.24 bits per heavy atom. The van der Waals surface area contributed by atoms with Crippen LogP contribution in [0.3, 0.4) is 0 Å². The molecule has 0 atom stereocenters. The predicted molar refractivity (Wildman–Crippen MR) is 113 cm³/mol. The molecule has 0 spiro atoms. The van der Waals surface area contributed by atoms with Crippen molar-refractivity contribution in [2.24, 2.45) is 0 Å². The van der Waals surface area contributed by atoms with E-state index in [4.69, 9.17) is 14.2 Å². The Morgan fingerprint density at radius 2 is 1.59 bits per heavy atom. The Morgan fingerprint density at radius 1 is 0.897 bits per heavy atom. The van der Waals surface area contributed by atoms with Crippen molar-refractivity contribution in [3.05, 3.63) is 59.7 Å². The van der Waals surface area contributed by atoms with E-state index in [0.717, 1.165) is 5.56 Å². The maximum Gasteiger partial charge on any atom is 0.257 e. The van der Waals surface area contributed by atoms with Crippen LogP contribution in [0, 0.1) is 0 Å². The average molecular weight is 397 g/mol. The SMILES string of the molecule is CCNC(=O)COc1ccc(/C=C/C(=O)c2cc(OCC)ccc2OCC)cc1. The lowest BCUT2D eigenvalue weighted by atomic mass is 10.1. The summed E-state index contributed by atoms with van der Waals surface area (Å²) in [6, 6.07) is 12.4. The highest BCUT2D eigenvalue weighted by molar-refractivity contribution is 6.08. The summed E-state index contributed by atoms with van der Waals surface area (Å²) in [7, 11) is 0. The first kappa shape index (κ1) is 22.0. The van der Waals surface area contributed by atoms with Gasteiger partial charge in [-0.25, -0.2) is 0 Å². The van der Waals surface area contributed by atoms with Crippen LogP contribution in [-0.4, -0.2) is 38.1 Å². The average Bonchev–Trinajstić information content (AvgIpc) is 2.73. The lowest BCUT2D eigenvalue weighted by Crippen LogP contribution is -2.28. The monoisotopic (exact) mass is 397 g/mol. The van der Waals surface area contributed by atoms with Crippen molar-refractivity contribution >= 4 is 17.8 Å². The molecule has 6 heteroatoms. The molecule has 29 heavy (non-hydrogen) atoms. The first-order valence-corrected chi connectivity index (χ1v) is 9.69. The number of hydrogen-bond donors (Lipinski definition) is 1. The van der Waals surface area contributed by atoms with Gasteiger partial charge in [-0.05, 0) is 62.7 Å². The van der Waals surface area contributed by atoms with Gasteiger partial charge in [-0.2, -0.15) is 0 Å². The zero-order valence-corrected chi connectivity index (χ0v) is 17.1. The number of carbonyl (C=O) groups excluding carboxylic acids is 2. The topological polar surface area (TPSA) is 73.9 Å². The predicted octanol–water partition coefficient (Wildman–Crippen LogP) is 3.90. The van der Waals surface area contributed by atoms with Crippen LogP contribution in [0.15, 0.2) is 48.5 Å². The second-order valence-electron chi connectivity index (χ2n) is 6.03. The normalized spacial score (nSPS) is 10.6. The van der Waals surface area contributed by atoms with Gasteiger partial charge in [0, 0.05) is 6.54 Å². The Hall–Kier alpha value is -3.28. The van der Waals surface area contributed by atoms with Gasteiger partial charge in [0.2, 0.25) is 0 Å². The van der Waals surface area contributed by atoms with Crippen LogP contribution in [0.4, 0.5) is 0 Å². The van der Waals surface area contributed by atoms with Gasteiger partial charge in [-0.1, -0.05) is 18.2 Å². The molecule has 0 heterocycles. The third kappa shape index (κ3) is 6.99. The fourth-order valence-electron chi connectivity index (χ4n) is 2.57. The number of allylic oxidation sites excluding steroid dienone is 1. The molecule has 1 amide bonds. The molecule has 0 saturated carbocycles. The second kappa shape index (κ2) is 11.5. The highest BCUT2D eigenvalue weighted by Gasteiger charge is 2.12. The Labute approximate surface area is 171 Å². The number of likely N-dealkylation sites (N-methyl/N-ethyl adjacent to an activating group) is 1. The first-order chi connectivity index (χ1) is 14.1. The largest absolute Gasteiger partial charge is 0.494 e. The van der Waals surface area contributed by atoms with Gasteiger partial charge in [-0.15, -0.1) is 0 Å². The van der Waals surface area contributed by atoms with E-state index in [1.54, 1.807) is 36.4 Å². The molecule has 0 aliphatic carbocycles. The van der Waals surface area contributed by atoms with Crippen molar-refractivity contribution in [1.29, 1.82) is 0 Å². The molecular formula is C23H27NO5. The molecule has 0 aliphatic rings. The van der Waals surface area contributed by atoms with E-state index in [9.17, 15) is 9.59 Å². The Balaban J connectivity index is 2.06. The molecular weight excluding hydrogens is 370 g/mol. The number of benzene rings is 2. The van der Waals surface area contributed by atoms with E-state index >= 15 is 0 Å². The van der Waals surface area contributed by atoms with Crippen molar-refractivity contribution in [3.63, 3.8) is 0 Å². The zero-order chi connectivity index (χ0) is 21.1. The molecule has 2 aromatic rings. The van der Waals surface area contributed by atoms with Crippen LogP contribution in [0.1, 0.15) is 36.7 Å². The molecule has 154 valence electrons. The van der Waals surface area contributed by atoms with Crippen LogP contribution in [-0.2, 0) is 4.79 Å². The Bertz CT molecular complexity index is 843. The smallest absolute Gasteiger partial charge is 0.257 e. The maximum atomic E-state index is 12.7. The van der Waals surface area contributed by atoms with Gasteiger partial charge in [0.05, 0.1) is 18.8 Å². The second-order valence-corrected chi connectivity index (χ2v) is 6.03. The minimum absolute atomic E-state index is 0.0299. The number of carbonyl (C=O) groups is 2. The molecule has 0 unspecified atom stereocenters. The summed E-state index contributed by atoms with van der Waals surface area (Å²) < 4.78 is 16.5. The number of rotatable bonds is 11. The van der Waals surface area contributed by atoms with Gasteiger partial charge in [-0.3, -0.25) is 9.59 Å². The fourth-order valence-corrected chi connectivity index (χ4v) is 2.57. The van der Waals surface area contributed by atoms with E-state index in [1.165, 1.54) is 6.08 Å². The summed E-state index contributed by atoms with van der Waals surface area (Å²) in [6.07, 6.45) is 3.22. The van der Waals surface area contributed by atoms with E-state index in [-0.39, 0.29) is 18.3 Å². The number of amides is 1. The van der Waals surface area contributed by atoms with Crippen LogP contribution in [0.25, 0.3) is 6.08 Å². The molecule has 0 bridgehead atoms. The van der Waals surface area contributed by atoms with Gasteiger partial charge < -0.3 is 19.5 Å². The quantitative estimate of drug-likeness (QED) is 0.460. The molecule has 6 nitrogen and oxygen atoms in total. The molecule has 0 saturated heterocycles. The number of ketones is 1. The molecule has 0 fully saturated rings. The minimum atomic E-state index is -0.174. The lowest BCUT2D eigenvalue weighted by molar-refractivity contribution is -0.122. The van der Waals surface area contributed by atoms with Crippen molar-refractivity contribution in [3.8, 4) is 17.2 Å². The zero-order valence-electron chi connectivity index (χ0n) is 17.1. The summed E-state index contributed by atoms with van der Waals surface area (Å²) in [5, 5.41) is 2.67. The van der Waals surface area contributed by atoms with Gasteiger partial charge in [0.25, 0.3) is 5.91 Å². The van der Waals surface area contributed by atoms with E-state index < -0.39 is 0 Å².